The minimum atomic E-state index is 1.04. The molecule has 0 N–H and O–H groups in total. The van der Waals surface area contributed by atoms with Gasteiger partial charge >= 0.3 is 0 Å². The lowest BCUT2D eigenvalue weighted by molar-refractivity contribution is 1.09. The molecule has 0 aliphatic carbocycles. The number of para-hydroxylation sites is 2. The van der Waals surface area contributed by atoms with Crippen molar-refractivity contribution >= 4 is 17.6 Å². The summed E-state index contributed by atoms with van der Waals surface area (Å²) in [5.74, 6) is 0. The third kappa shape index (κ3) is 3.37. The Labute approximate surface area is 125 Å². The summed E-state index contributed by atoms with van der Waals surface area (Å²) in [6, 6.07) is 30.4. The first-order valence-corrected chi connectivity index (χ1v) is 6.93. The maximum atomic E-state index is 4.64. The second-order valence-corrected chi connectivity index (χ2v) is 4.64. The number of hydrazone groups is 1. The predicted octanol–water partition coefficient (Wildman–Crippen LogP) is 4.86. The molecule has 0 aromatic heterocycles. The molecule has 3 aromatic carbocycles. The SMILES string of the molecule is C(=N/N(c1ccccc1)c1ccccc1)/c1ccccc1. The molecule has 3 aromatic rings. The fourth-order valence-electron chi connectivity index (χ4n) is 2.08. The topological polar surface area (TPSA) is 15.6 Å². The van der Waals surface area contributed by atoms with Gasteiger partial charge in [-0.1, -0.05) is 66.7 Å². The normalized spacial score (nSPS) is 10.7. The summed E-state index contributed by atoms with van der Waals surface area (Å²) in [6.45, 7) is 0. The zero-order chi connectivity index (χ0) is 14.3. The molecule has 102 valence electrons. The monoisotopic (exact) mass is 272 g/mol. The Kier molecular flexibility index (Phi) is 4.08. The number of anilines is 2. The van der Waals surface area contributed by atoms with Gasteiger partial charge in [0.1, 0.15) is 0 Å². The molecule has 3 rings (SSSR count). The van der Waals surface area contributed by atoms with Crippen molar-refractivity contribution in [3.63, 3.8) is 0 Å². The summed E-state index contributed by atoms with van der Waals surface area (Å²) in [6.07, 6.45) is 1.88. The van der Waals surface area contributed by atoms with Gasteiger partial charge in [0.25, 0.3) is 0 Å². The molecule has 2 heteroatoms. The van der Waals surface area contributed by atoms with Crippen molar-refractivity contribution in [2.24, 2.45) is 5.10 Å². The molecule has 0 fully saturated rings. The van der Waals surface area contributed by atoms with Gasteiger partial charge in [0.2, 0.25) is 0 Å². The van der Waals surface area contributed by atoms with Crippen LogP contribution in [-0.2, 0) is 0 Å². The van der Waals surface area contributed by atoms with Gasteiger partial charge < -0.3 is 0 Å². The third-order valence-electron chi connectivity index (χ3n) is 3.12. The summed E-state index contributed by atoms with van der Waals surface area (Å²) in [5, 5.41) is 6.58. The molecule has 0 unspecified atom stereocenters. The van der Waals surface area contributed by atoms with E-state index in [-0.39, 0.29) is 0 Å². The third-order valence-corrected chi connectivity index (χ3v) is 3.12. The quantitative estimate of drug-likeness (QED) is 0.489. The van der Waals surface area contributed by atoms with Crippen LogP contribution < -0.4 is 5.01 Å². The summed E-state index contributed by atoms with van der Waals surface area (Å²) in [4.78, 5) is 0. The van der Waals surface area contributed by atoms with E-state index >= 15 is 0 Å². The van der Waals surface area contributed by atoms with Crippen molar-refractivity contribution in [2.45, 2.75) is 0 Å². The van der Waals surface area contributed by atoms with Crippen LogP contribution in [0.4, 0.5) is 11.4 Å². The molecular formula is C19H16N2. The molecule has 0 heterocycles. The van der Waals surface area contributed by atoms with Gasteiger partial charge in [-0.15, -0.1) is 0 Å². The lowest BCUT2D eigenvalue weighted by Gasteiger charge is -2.19. The molecule has 0 spiro atoms. The van der Waals surface area contributed by atoms with Gasteiger partial charge in [0.05, 0.1) is 17.6 Å². The molecule has 0 saturated carbocycles. The summed E-state index contributed by atoms with van der Waals surface area (Å²) < 4.78 is 0. The van der Waals surface area contributed by atoms with E-state index < -0.39 is 0 Å². The Hall–Kier alpha value is -2.87. The largest absolute Gasteiger partial charge is 0.234 e. The standard InChI is InChI=1S/C19H16N2/c1-4-10-17(11-5-1)16-20-21(18-12-6-2-7-13-18)19-14-8-3-9-15-19/h1-16H/b20-16-. The first kappa shape index (κ1) is 13.1. The van der Waals surface area contributed by atoms with E-state index in [0.717, 1.165) is 16.9 Å². The van der Waals surface area contributed by atoms with E-state index in [1.807, 2.05) is 78.0 Å². The summed E-state index contributed by atoms with van der Waals surface area (Å²) in [5.41, 5.74) is 3.15. The zero-order valence-electron chi connectivity index (χ0n) is 11.6. The Morgan fingerprint density at radius 1 is 0.571 bits per heavy atom. The molecule has 2 nitrogen and oxygen atoms in total. The highest BCUT2D eigenvalue weighted by atomic mass is 15.5. The van der Waals surface area contributed by atoms with E-state index in [1.165, 1.54) is 0 Å². The van der Waals surface area contributed by atoms with Crippen LogP contribution >= 0.6 is 0 Å². The van der Waals surface area contributed by atoms with Crippen LogP contribution in [0, 0.1) is 0 Å². The molecule has 0 amide bonds. The van der Waals surface area contributed by atoms with Crippen LogP contribution in [-0.4, -0.2) is 6.21 Å². The average Bonchev–Trinajstić information content (AvgIpc) is 2.58. The Balaban J connectivity index is 1.96. The van der Waals surface area contributed by atoms with E-state index in [1.54, 1.807) is 0 Å². The molecule has 0 atom stereocenters. The number of hydrogen-bond donors (Lipinski definition) is 0. The fourth-order valence-corrected chi connectivity index (χ4v) is 2.08. The lowest BCUT2D eigenvalue weighted by Crippen LogP contribution is -2.09. The van der Waals surface area contributed by atoms with Crippen LogP contribution in [0.2, 0.25) is 0 Å². The van der Waals surface area contributed by atoms with Gasteiger partial charge in [-0.3, -0.25) is 0 Å². The number of benzene rings is 3. The lowest BCUT2D eigenvalue weighted by atomic mass is 10.2. The molecule has 0 saturated heterocycles. The molecule has 21 heavy (non-hydrogen) atoms. The molecule has 0 aliphatic rings. The highest BCUT2D eigenvalue weighted by Gasteiger charge is 2.06. The highest BCUT2D eigenvalue weighted by molar-refractivity contribution is 5.81. The molecule has 0 aliphatic heterocycles. The van der Waals surface area contributed by atoms with E-state index in [2.05, 4.69) is 29.4 Å². The van der Waals surface area contributed by atoms with Gasteiger partial charge in [-0.05, 0) is 29.8 Å². The maximum Gasteiger partial charge on any atom is 0.0652 e. The van der Waals surface area contributed by atoms with Crippen LogP contribution in [0.25, 0.3) is 0 Å². The smallest absolute Gasteiger partial charge is 0.0652 e. The van der Waals surface area contributed by atoms with Crippen molar-refractivity contribution < 1.29 is 0 Å². The first-order chi connectivity index (χ1) is 10.4. The molecule has 0 radical (unpaired) electrons. The van der Waals surface area contributed by atoms with E-state index in [4.69, 9.17) is 0 Å². The number of hydrogen-bond acceptors (Lipinski definition) is 2. The van der Waals surface area contributed by atoms with Crippen LogP contribution in [0.3, 0.4) is 0 Å². The first-order valence-electron chi connectivity index (χ1n) is 6.93. The fraction of sp³-hybridized carbons (Fsp3) is 0. The summed E-state index contributed by atoms with van der Waals surface area (Å²) in [7, 11) is 0. The Morgan fingerprint density at radius 2 is 1.00 bits per heavy atom. The second-order valence-electron chi connectivity index (χ2n) is 4.64. The van der Waals surface area contributed by atoms with Gasteiger partial charge in [0, 0.05) is 0 Å². The van der Waals surface area contributed by atoms with Gasteiger partial charge in [-0.2, -0.15) is 5.10 Å². The second kappa shape index (κ2) is 6.53. The Bertz CT molecular complexity index is 652. The summed E-state index contributed by atoms with van der Waals surface area (Å²) >= 11 is 0. The van der Waals surface area contributed by atoms with Gasteiger partial charge in [-0.25, -0.2) is 5.01 Å². The van der Waals surface area contributed by atoms with Crippen LogP contribution in [0.5, 0.6) is 0 Å². The maximum absolute atomic E-state index is 4.64. The Morgan fingerprint density at radius 3 is 1.48 bits per heavy atom. The van der Waals surface area contributed by atoms with Crippen molar-refractivity contribution in [1.82, 2.24) is 0 Å². The zero-order valence-corrected chi connectivity index (χ0v) is 11.6. The average molecular weight is 272 g/mol. The minimum Gasteiger partial charge on any atom is -0.234 e. The van der Waals surface area contributed by atoms with Crippen LogP contribution in [0.15, 0.2) is 96.1 Å². The van der Waals surface area contributed by atoms with Crippen molar-refractivity contribution in [3.05, 3.63) is 96.6 Å². The van der Waals surface area contributed by atoms with E-state index in [9.17, 15) is 0 Å². The molecular weight excluding hydrogens is 256 g/mol. The van der Waals surface area contributed by atoms with Crippen molar-refractivity contribution in [3.8, 4) is 0 Å². The molecule has 0 bridgehead atoms. The predicted molar refractivity (Wildman–Crippen MR) is 89.1 cm³/mol. The van der Waals surface area contributed by atoms with Crippen molar-refractivity contribution in [2.75, 3.05) is 5.01 Å². The van der Waals surface area contributed by atoms with E-state index in [0.29, 0.717) is 0 Å². The van der Waals surface area contributed by atoms with Gasteiger partial charge in [0.15, 0.2) is 0 Å². The van der Waals surface area contributed by atoms with Crippen molar-refractivity contribution in [1.29, 1.82) is 0 Å². The minimum absolute atomic E-state index is 1.04. The number of nitrogens with zero attached hydrogens (tertiary/aromatic N) is 2. The number of rotatable bonds is 4. The highest BCUT2D eigenvalue weighted by Crippen LogP contribution is 2.24. The van der Waals surface area contributed by atoms with Crippen LogP contribution in [0.1, 0.15) is 5.56 Å².